The van der Waals surface area contributed by atoms with Gasteiger partial charge in [0, 0.05) is 0 Å². The second-order valence-electron chi connectivity index (χ2n) is 3.89. The van der Waals surface area contributed by atoms with Crippen LogP contribution in [0.25, 0.3) is 0 Å². The van der Waals surface area contributed by atoms with E-state index < -0.39 is 9.04 Å². The van der Waals surface area contributed by atoms with Gasteiger partial charge in [0.25, 0.3) is 0 Å². The van der Waals surface area contributed by atoms with Crippen LogP contribution >= 0.6 is 0 Å². The maximum atomic E-state index is 5.93. The average molecular weight is 193 g/mol. The van der Waals surface area contributed by atoms with Gasteiger partial charge < -0.3 is 4.43 Å². The lowest BCUT2D eigenvalue weighted by molar-refractivity contribution is 0.109. The van der Waals surface area contributed by atoms with Crippen molar-refractivity contribution < 1.29 is 4.43 Å². The summed E-state index contributed by atoms with van der Waals surface area (Å²) in [7, 11) is -0.639. The van der Waals surface area contributed by atoms with Gasteiger partial charge in [-0.25, -0.2) is 0 Å². The molecule has 0 fully saturated rings. The molecule has 0 saturated carbocycles. The van der Waals surface area contributed by atoms with E-state index in [-0.39, 0.29) is 5.60 Å². The highest BCUT2D eigenvalue weighted by molar-refractivity contribution is 6.48. The van der Waals surface area contributed by atoms with Gasteiger partial charge in [-0.3, -0.25) is 0 Å². The zero-order valence-corrected chi connectivity index (χ0v) is 9.79. The topological polar surface area (TPSA) is 9.23 Å². The Kier molecular flexibility index (Phi) is 3.28. The van der Waals surface area contributed by atoms with Crippen LogP contribution in [-0.4, -0.2) is 9.04 Å². The minimum atomic E-state index is -0.639. The zero-order valence-electron chi connectivity index (χ0n) is 8.79. The minimum Gasteiger partial charge on any atom is -0.408 e. The Morgan fingerprint density at radius 2 is 1.62 bits per heavy atom. The molecule has 0 aliphatic rings. The number of rotatable bonds is 3. The summed E-state index contributed by atoms with van der Waals surface area (Å²) in [6.07, 6.45) is 0. The molecule has 0 amide bonds. The van der Waals surface area contributed by atoms with Gasteiger partial charge in [-0.2, -0.15) is 0 Å². The largest absolute Gasteiger partial charge is 0.408 e. The fourth-order valence-electron chi connectivity index (χ4n) is 1.41. The molecule has 1 radical (unpaired) electrons. The van der Waals surface area contributed by atoms with Gasteiger partial charge >= 0.3 is 0 Å². The van der Waals surface area contributed by atoms with Crippen molar-refractivity contribution in [3.8, 4) is 0 Å². The van der Waals surface area contributed by atoms with Crippen LogP contribution in [0.15, 0.2) is 30.3 Å². The Bertz CT molecular complexity index is 254. The molecule has 13 heavy (non-hydrogen) atoms. The van der Waals surface area contributed by atoms with E-state index in [0.717, 1.165) is 0 Å². The van der Waals surface area contributed by atoms with E-state index in [1.807, 2.05) is 6.07 Å². The first-order valence-corrected chi connectivity index (χ1v) is 6.98. The second kappa shape index (κ2) is 4.07. The van der Waals surface area contributed by atoms with E-state index in [1.54, 1.807) is 0 Å². The molecule has 0 atom stereocenters. The third kappa shape index (κ3) is 2.97. The minimum absolute atomic E-state index is 0.140. The first kappa shape index (κ1) is 10.5. The van der Waals surface area contributed by atoms with Crippen molar-refractivity contribution in [3.63, 3.8) is 0 Å². The van der Waals surface area contributed by atoms with E-state index in [2.05, 4.69) is 51.2 Å². The molecule has 0 saturated heterocycles. The molecule has 0 aliphatic carbocycles. The summed E-state index contributed by atoms with van der Waals surface area (Å²) >= 11 is 0. The third-order valence-electron chi connectivity index (χ3n) is 1.93. The van der Waals surface area contributed by atoms with Crippen LogP contribution in [-0.2, 0) is 10.0 Å². The SMILES string of the molecule is C[Si](C)OC(C)(C)c1ccccc1. The fraction of sp³-hybridized carbons (Fsp3) is 0.455. The second-order valence-corrected chi connectivity index (χ2v) is 5.91. The van der Waals surface area contributed by atoms with Gasteiger partial charge in [0.05, 0.1) is 5.60 Å². The molecule has 0 aliphatic heterocycles. The van der Waals surface area contributed by atoms with Crippen LogP contribution in [0.2, 0.25) is 13.1 Å². The van der Waals surface area contributed by atoms with Crippen LogP contribution in [0.1, 0.15) is 19.4 Å². The van der Waals surface area contributed by atoms with Crippen molar-refractivity contribution >= 4 is 9.04 Å². The lowest BCUT2D eigenvalue weighted by atomic mass is 9.99. The summed E-state index contributed by atoms with van der Waals surface area (Å²) in [5, 5.41) is 0. The molecular formula is C11H17OSi. The van der Waals surface area contributed by atoms with Crippen LogP contribution < -0.4 is 0 Å². The van der Waals surface area contributed by atoms with Crippen LogP contribution in [0.5, 0.6) is 0 Å². The summed E-state index contributed by atoms with van der Waals surface area (Å²) in [6, 6.07) is 10.4. The molecular weight excluding hydrogens is 176 g/mol. The van der Waals surface area contributed by atoms with E-state index >= 15 is 0 Å². The van der Waals surface area contributed by atoms with E-state index in [9.17, 15) is 0 Å². The molecule has 1 aromatic carbocycles. The smallest absolute Gasteiger partial charge is 0.206 e. The molecule has 0 bridgehead atoms. The molecule has 1 aromatic rings. The standard InChI is InChI=1S/C11H17OSi/c1-11(2,12-13(3)4)10-8-6-5-7-9-10/h5-9H,1-4H3. The van der Waals surface area contributed by atoms with Crippen LogP contribution in [0, 0.1) is 0 Å². The van der Waals surface area contributed by atoms with E-state index in [4.69, 9.17) is 4.43 Å². The first-order valence-electron chi connectivity index (χ1n) is 4.57. The molecule has 2 heteroatoms. The molecule has 0 heterocycles. The maximum Gasteiger partial charge on any atom is 0.206 e. The van der Waals surface area contributed by atoms with Crippen LogP contribution in [0.3, 0.4) is 0 Å². The molecule has 71 valence electrons. The van der Waals surface area contributed by atoms with Gasteiger partial charge in [0.15, 0.2) is 0 Å². The third-order valence-corrected chi connectivity index (χ3v) is 2.85. The summed E-state index contributed by atoms with van der Waals surface area (Å²) in [4.78, 5) is 0. The van der Waals surface area contributed by atoms with Gasteiger partial charge in [0.1, 0.15) is 0 Å². The molecule has 1 nitrogen and oxygen atoms in total. The predicted octanol–water partition coefficient (Wildman–Crippen LogP) is 3.19. The maximum absolute atomic E-state index is 5.93. The Morgan fingerprint density at radius 1 is 1.08 bits per heavy atom. The molecule has 0 spiro atoms. The normalized spacial score (nSPS) is 12.1. The Morgan fingerprint density at radius 3 is 2.08 bits per heavy atom. The van der Waals surface area contributed by atoms with Gasteiger partial charge in [-0.05, 0) is 32.5 Å². The lowest BCUT2D eigenvalue weighted by Crippen LogP contribution is -2.27. The van der Waals surface area contributed by atoms with Gasteiger partial charge in [-0.1, -0.05) is 30.3 Å². The van der Waals surface area contributed by atoms with Crippen LogP contribution in [0.4, 0.5) is 0 Å². The summed E-state index contributed by atoms with van der Waals surface area (Å²) in [6.45, 7) is 8.57. The average Bonchev–Trinajstić information content (AvgIpc) is 2.04. The highest BCUT2D eigenvalue weighted by atomic mass is 28.3. The fourth-order valence-corrected chi connectivity index (χ4v) is 2.55. The highest BCUT2D eigenvalue weighted by Gasteiger charge is 2.22. The number of benzene rings is 1. The quantitative estimate of drug-likeness (QED) is 0.670. The van der Waals surface area contributed by atoms with Crippen molar-refractivity contribution in [2.24, 2.45) is 0 Å². The highest BCUT2D eigenvalue weighted by Crippen LogP contribution is 2.24. The summed E-state index contributed by atoms with van der Waals surface area (Å²) in [5.74, 6) is 0. The van der Waals surface area contributed by atoms with E-state index in [1.165, 1.54) is 5.56 Å². The Hall–Kier alpha value is -0.603. The summed E-state index contributed by atoms with van der Waals surface area (Å²) in [5.41, 5.74) is 1.11. The Balaban J connectivity index is 2.81. The molecule has 0 aromatic heterocycles. The number of hydrogen-bond acceptors (Lipinski definition) is 1. The van der Waals surface area contributed by atoms with Crippen molar-refractivity contribution in [2.45, 2.75) is 32.5 Å². The summed E-state index contributed by atoms with van der Waals surface area (Å²) < 4.78 is 5.93. The van der Waals surface area contributed by atoms with Crippen molar-refractivity contribution in [1.82, 2.24) is 0 Å². The van der Waals surface area contributed by atoms with Gasteiger partial charge in [0.2, 0.25) is 9.04 Å². The van der Waals surface area contributed by atoms with Crippen molar-refractivity contribution in [2.75, 3.05) is 0 Å². The zero-order chi connectivity index (χ0) is 9.90. The monoisotopic (exact) mass is 193 g/mol. The lowest BCUT2D eigenvalue weighted by Gasteiger charge is -2.28. The molecule has 1 rings (SSSR count). The molecule has 0 N–H and O–H groups in total. The predicted molar refractivity (Wildman–Crippen MR) is 58.0 cm³/mol. The number of hydrogen-bond donors (Lipinski definition) is 0. The Labute approximate surface area is 82.5 Å². The van der Waals surface area contributed by atoms with Crippen molar-refractivity contribution in [3.05, 3.63) is 35.9 Å². The first-order chi connectivity index (χ1) is 6.02. The van der Waals surface area contributed by atoms with Crippen molar-refractivity contribution in [1.29, 1.82) is 0 Å². The van der Waals surface area contributed by atoms with Gasteiger partial charge in [-0.15, -0.1) is 0 Å². The van der Waals surface area contributed by atoms with E-state index in [0.29, 0.717) is 0 Å². The molecule has 0 unspecified atom stereocenters.